The molecular weight excluding hydrogens is 433 g/mol. The van der Waals surface area contributed by atoms with Gasteiger partial charge in [-0.25, -0.2) is 4.79 Å². The van der Waals surface area contributed by atoms with Crippen LogP contribution >= 0.6 is 0 Å². The lowest BCUT2D eigenvalue weighted by Crippen LogP contribution is -2.26. The largest absolute Gasteiger partial charge is 0.482 e. The second-order valence-corrected chi connectivity index (χ2v) is 7.98. The van der Waals surface area contributed by atoms with Crippen molar-refractivity contribution >= 4 is 5.97 Å². The van der Waals surface area contributed by atoms with E-state index in [0.29, 0.717) is 23.6 Å². The summed E-state index contributed by atoms with van der Waals surface area (Å²) in [6, 6.07) is 16.3. The number of carboxylic acid groups (broad SMARTS) is 1. The second-order valence-electron chi connectivity index (χ2n) is 7.98. The molecule has 3 aromatic rings. The molecule has 1 aromatic heterocycles. The summed E-state index contributed by atoms with van der Waals surface area (Å²) in [6.45, 7) is 1.91. The van der Waals surface area contributed by atoms with E-state index in [9.17, 15) is 18.0 Å². The van der Waals surface area contributed by atoms with E-state index in [0.717, 1.165) is 49.3 Å². The van der Waals surface area contributed by atoms with E-state index in [4.69, 9.17) is 9.84 Å². The number of pyridine rings is 1. The molecule has 0 spiro atoms. The predicted molar refractivity (Wildman–Crippen MR) is 117 cm³/mol. The summed E-state index contributed by atoms with van der Waals surface area (Å²) < 4.78 is 43.7. The number of halogens is 3. The van der Waals surface area contributed by atoms with Crippen molar-refractivity contribution in [1.82, 2.24) is 9.88 Å². The highest BCUT2D eigenvalue weighted by Crippen LogP contribution is 2.30. The lowest BCUT2D eigenvalue weighted by molar-refractivity contribution is -0.139. The molecule has 1 aliphatic heterocycles. The van der Waals surface area contributed by atoms with Crippen molar-refractivity contribution in [3.8, 4) is 17.0 Å². The quantitative estimate of drug-likeness (QED) is 0.576. The summed E-state index contributed by atoms with van der Waals surface area (Å²) in [7, 11) is 0. The smallest absolute Gasteiger partial charge is 0.416 e. The fraction of sp³-hybridized carbons (Fsp3) is 0.280. The number of alkyl halides is 3. The molecule has 0 saturated carbocycles. The van der Waals surface area contributed by atoms with E-state index in [1.165, 1.54) is 17.7 Å². The molecule has 4 rings (SSSR count). The number of hydrogen-bond donors (Lipinski definition) is 1. The highest BCUT2D eigenvalue weighted by atomic mass is 19.4. The Morgan fingerprint density at radius 1 is 1.00 bits per heavy atom. The van der Waals surface area contributed by atoms with Crippen LogP contribution in [0.25, 0.3) is 11.3 Å². The number of aromatic nitrogens is 1. The maximum atomic E-state index is 12.8. The van der Waals surface area contributed by atoms with Gasteiger partial charge in [-0.05, 0) is 60.4 Å². The molecule has 0 atom stereocenters. The summed E-state index contributed by atoms with van der Waals surface area (Å²) in [6.07, 6.45) is -2.70. The van der Waals surface area contributed by atoms with Crippen LogP contribution in [0.15, 0.2) is 60.7 Å². The van der Waals surface area contributed by atoms with Crippen LogP contribution in [0.5, 0.6) is 5.75 Å². The van der Waals surface area contributed by atoms with Crippen molar-refractivity contribution in [2.75, 3.05) is 19.7 Å². The number of ether oxygens (including phenoxy) is 1. The average Bonchev–Trinajstić information content (AvgIpc) is 2.99. The third kappa shape index (κ3) is 5.90. The average molecular weight is 456 g/mol. The maximum Gasteiger partial charge on any atom is 0.416 e. The SMILES string of the molecule is O=C(O)COc1ccc2c(c1)CCN(Cc1cccc(-c3ccc(C(F)(F)F)cc3)n1)CC2. The molecule has 0 unspecified atom stereocenters. The third-order valence-electron chi connectivity index (χ3n) is 5.64. The normalized spacial score (nSPS) is 14.4. The highest BCUT2D eigenvalue weighted by molar-refractivity contribution is 5.68. The molecule has 0 fully saturated rings. The molecule has 1 aliphatic rings. The Hall–Kier alpha value is -3.39. The van der Waals surface area contributed by atoms with Crippen LogP contribution in [0.1, 0.15) is 22.4 Å². The number of aliphatic carboxylic acids is 1. The summed E-state index contributed by atoms with van der Waals surface area (Å²) in [5.41, 5.74) is 3.81. The molecule has 0 aliphatic carbocycles. The number of hydrogen-bond acceptors (Lipinski definition) is 4. The van der Waals surface area contributed by atoms with Gasteiger partial charge in [0.1, 0.15) is 5.75 Å². The Bertz CT molecular complexity index is 1130. The van der Waals surface area contributed by atoms with Crippen LogP contribution in [0, 0.1) is 0 Å². The zero-order valence-corrected chi connectivity index (χ0v) is 17.8. The van der Waals surface area contributed by atoms with Crippen molar-refractivity contribution in [1.29, 1.82) is 0 Å². The predicted octanol–water partition coefficient (Wildman–Crippen LogP) is 4.83. The van der Waals surface area contributed by atoms with Gasteiger partial charge in [0.15, 0.2) is 6.61 Å². The molecule has 1 N–H and O–H groups in total. The van der Waals surface area contributed by atoms with Gasteiger partial charge in [0, 0.05) is 25.2 Å². The maximum absolute atomic E-state index is 12.8. The second kappa shape index (κ2) is 9.62. The van der Waals surface area contributed by atoms with Crippen molar-refractivity contribution < 1.29 is 27.8 Å². The topological polar surface area (TPSA) is 62.7 Å². The lowest BCUT2D eigenvalue weighted by atomic mass is 10.0. The summed E-state index contributed by atoms with van der Waals surface area (Å²) in [5, 5.41) is 8.79. The van der Waals surface area contributed by atoms with Gasteiger partial charge in [-0.2, -0.15) is 13.2 Å². The van der Waals surface area contributed by atoms with Gasteiger partial charge < -0.3 is 9.84 Å². The van der Waals surface area contributed by atoms with E-state index in [-0.39, 0.29) is 6.61 Å². The summed E-state index contributed by atoms with van der Waals surface area (Å²) in [5.74, 6) is -0.461. The van der Waals surface area contributed by atoms with Gasteiger partial charge in [0.2, 0.25) is 0 Å². The minimum absolute atomic E-state index is 0.369. The van der Waals surface area contributed by atoms with Crippen molar-refractivity contribution in [3.63, 3.8) is 0 Å². The Labute approximate surface area is 189 Å². The van der Waals surface area contributed by atoms with Crippen molar-refractivity contribution in [3.05, 3.63) is 83.0 Å². The number of nitrogens with zero attached hydrogens (tertiary/aromatic N) is 2. The first-order valence-corrected chi connectivity index (χ1v) is 10.6. The summed E-state index contributed by atoms with van der Waals surface area (Å²) >= 11 is 0. The number of carboxylic acids is 1. The molecule has 0 amide bonds. The molecule has 8 heteroatoms. The first-order chi connectivity index (χ1) is 15.8. The number of carbonyl (C=O) groups is 1. The Kier molecular flexibility index (Phi) is 6.65. The van der Waals surface area contributed by atoms with Crippen LogP contribution < -0.4 is 4.74 Å². The van der Waals surface area contributed by atoms with Crippen LogP contribution in [0.3, 0.4) is 0 Å². The number of rotatable bonds is 6. The Balaban J connectivity index is 1.42. The molecule has 0 bridgehead atoms. The molecule has 0 radical (unpaired) electrons. The van der Waals surface area contributed by atoms with Gasteiger partial charge in [-0.1, -0.05) is 24.3 Å². The van der Waals surface area contributed by atoms with Gasteiger partial charge in [0.25, 0.3) is 0 Å². The molecule has 2 heterocycles. The van der Waals surface area contributed by atoms with Gasteiger partial charge in [0.05, 0.1) is 17.0 Å². The zero-order chi connectivity index (χ0) is 23.4. The molecule has 2 aromatic carbocycles. The third-order valence-corrected chi connectivity index (χ3v) is 5.64. The Morgan fingerprint density at radius 3 is 2.42 bits per heavy atom. The minimum atomic E-state index is -4.36. The first-order valence-electron chi connectivity index (χ1n) is 10.6. The molecule has 5 nitrogen and oxygen atoms in total. The standard InChI is InChI=1S/C25H23F3N2O3/c26-25(27,28)20-7-4-18(5-8-20)23-3-1-2-21(29-23)15-30-12-10-17-6-9-22(33-16-24(31)32)14-19(17)11-13-30/h1-9,14H,10-13,15-16H2,(H,31,32). The Morgan fingerprint density at radius 2 is 1.73 bits per heavy atom. The monoisotopic (exact) mass is 456 g/mol. The van der Waals surface area contributed by atoms with E-state index in [1.54, 1.807) is 12.1 Å². The minimum Gasteiger partial charge on any atom is -0.482 e. The number of benzene rings is 2. The first kappa shape index (κ1) is 22.8. The van der Waals surface area contributed by atoms with E-state index >= 15 is 0 Å². The number of fused-ring (bicyclic) bond motifs is 1. The van der Waals surface area contributed by atoms with E-state index in [2.05, 4.69) is 9.88 Å². The van der Waals surface area contributed by atoms with Crippen LogP contribution in [-0.4, -0.2) is 40.7 Å². The lowest BCUT2D eigenvalue weighted by Gasteiger charge is -2.19. The fourth-order valence-electron chi connectivity index (χ4n) is 3.93. The molecule has 172 valence electrons. The van der Waals surface area contributed by atoms with Crippen molar-refractivity contribution in [2.45, 2.75) is 25.6 Å². The molecule has 33 heavy (non-hydrogen) atoms. The summed E-state index contributed by atoms with van der Waals surface area (Å²) in [4.78, 5) is 17.7. The van der Waals surface area contributed by atoms with Crippen LogP contribution in [0.2, 0.25) is 0 Å². The highest BCUT2D eigenvalue weighted by Gasteiger charge is 2.30. The van der Waals surface area contributed by atoms with Gasteiger partial charge in [-0.3, -0.25) is 9.88 Å². The van der Waals surface area contributed by atoms with Gasteiger partial charge in [-0.15, -0.1) is 0 Å². The van der Waals surface area contributed by atoms with Crippen molar-refractivity contribution in [2.24, 2.45) is 0 Å². The fourth-order valence-corrected chi connectivity index (χ4v) is 3.93. The van der Waals surface area contributed by atoms with E-state index in [1.807, 2.05) is 24.3 Å². The van der Waals surface area contributed by atoms with Crippen LogP contribution in [0.4, 0.5) is 13.2 Å². The van der Waals surface area contributed by atoms with Crippen LogP contribution in [-0.2, 0) is 30.4 Å². The molecular formula is C25H23F3N2O3. The molecule has 0 saturated heterocycles. The zero-order valence-electron chi connectivity index (χ0n) is 17.8. The van der Waals surface area contributed by atoms with Gasteiger partial charge >= 0.3 is 12.1 Å². The van der Waals surface area contributed by atoms with E-state index < -0.39 is 17.7 Å².